The third-order valence-electron chi connectivity index (χ3n) is 3.66. The van der Waals surface area contributed by atoms with Gasteiger partial charge < -0.3 is 10.0 Å². The van der Waals surface area contributed by atoms with Crippen molar-refractivity contribution in [1.82, 2.24) is 9.97 Å². The summed E-state index contributed by atoms with van der Waals surface area (Å²) in [6, 6.07) is 0. The molecule has 1 N–H and O–H groups in total. The van der Waals surface area contributed by atoms with E-state index in [1.54, 1.807) is 6.20 Å². The van der Waals surface area contributed by atoms with Crippen LogP contribution in [0.3, 0.4) is 0 Å². The van der Waals surface area contributed by atoms with Crippen molar-refractivity contribution >= 4 is 11.8 Å². The first kappa shape index (κ1) is 12.8. The van der Waals surface area contributed by atoms with Gasteiger partial charge in [-0.2, -0.15) is 0 Å². The van der Waals surface area contributed by atoms with Gasteiger partial charge in [0.15, 0.2) is 5.69 Å². The van der Waals surface area contributed by atoms with Crippen molar-refractivity contribution in [2.75, 3.05) is 18.0 Å². The molecular weight excluding hydrogens is 230 g/mol. The molecular formula is C13H19N3O2. The van der Waals surface area contributed by atoms with Crippen molar-refractivity contribution in [3.63, 3.8) is 0 Å². The van der Waals surface area contributed by atoms with Crippen molar-refractivity contribution in [2.45, 2.75) is 26.7 Å². The molecule has 0 radical (unpaired) electrons. The number of hydrogen-bond acceptors (Lipinski definition) is 4. The van der Waals surface area contributed by atoms with Crippen LogP contribution in [0.15, 0.2) is 12.4 Å². The molecule has 0 aromatic carbocycles. The van der Waals surface area contributed by atoms with E-state index in [-0.39, 0.29) is 5.69 Å². The number of nitrogens with zero attached hydrogens (tertiary/aromatic N) is 3. The molecule has 0 aliphatic carbocycles. The Morgan fingerprint density at radius 2 is 2.00 bits per heavy atom. The van der Waals surface area contributed by atoms with Crippen molar-refractivity contribution in [3.05, 3.63) is 18.1 Å². The highest BCUT2D eigenvalue weighted by atomic mass is 16.4. The van der Waals surface area contributed by atoms with E-state index >= 15 is 0 Å². The Morgan fingerprint density at radius 1 is 1.33 bits per heavy atom. The Labute approximate surface area is 107 Å². The van der Waals surface area contributed by atoms with Gasteiger partial charge in [-0.25, -0.2) is 14.8 Å². The molecule has 1 aromatic rings. The van der Waals surface area contributed by atoms with Gasteiger partial charge in [0.1, 0.15) is 5.82 Å². The van der Waals surface area contributed by atoms with Crippen LogP contribution < -0.4 is 4.90 Å². The van der Waals surface area contributed by atoms with Gasteiger partial charge in [-0.15, -0.1) is 0 Å². The van der Waals surface area contributed by atoms with E-state index in [1.165, 1.54) is 19.0 Å². The maximum absolute atomic E-state index is 10.7. The number of anilines is 1. The zero-order valence-electron chi connectivity index (χ0n) is 10.8. The molecule has 0 atom stereocenters. The van der Waals surface area contributed by atoms with Crippen molar-refractivity contribution in [2.24, 2.45) is 11.8 Å². The normalized spacial score (nSPS) is 17.2. The molecule has 98 valence electrons. The van der Waals surface area contributed by atoms with Crippen LogP contribution >= 0.6 is 0 Å². The lowest BCUT2D eigenvalue weighted by Gasteiger charge is -2.34. The van der Waals surface area contributed by atoms with Gasteiger partial charge in [0, 0.05) is 13.1 Å². The summed E-state index contributed by atoms with van der Waals surface area (Å²) in [6.07, 6.45) is 5.21. The van der Waals surface area contributed by atoms with Gasteiger partial charge >= 0.3 is 5.97 Å². The Bertz CT molecular complexity index is 409. The fourth-order valence-electron chi connectivity index (χ4n) is 2.39. The highest BCUT2D eigenvalue weighted by Crippen LogP contribution is 2.26. The molecule has 0 bridgehead atoms. The molecule has 0 amide bonds. The second-order valence-corrected chi connectivity index (χ2v) is 5.13. The molecule has 2 heterocycles. The summed E-state index contributed by atoms with van der Waals surface area (Å²) in [5.41, 5.74) is -0.00387. The summed E-state index contributed by atoms with van der Waals surface area (Å²) in [5.74, 6) is 1.26. The lowest BCUT2D eigenvalue weighted by molar-refractivity contribution is 0.0690. The zero-order valence-corrected chi connectivity index (χ0v) is 10.8. The second-order valence-electron chi connectivity index (χ2n) is 5.13. The molecule has 1 aliphatic heterocycles. The maximum atomic E-state index is 10.7. The van der Waals surface area contributed by atoms with Crippen molar-refractivity contribution < 1.29 is 9.90 Å². The first-order valence-electron chi connectivity index (χ1n) is 6.38. The quantitative estimate of drug-likeness (QED) is 0.888. The lowest BCUT2D eigenvalue weighted by atomic mass is 9.87. The fourth-order valence-corrected chi connectivity index (χ4v) is 2.39. The van der Waals surface area contributed by atoms with Crippen molar-refractivity contribution in [1.29, 1.82) is 0 Å². The zero-order chi connectivity index (χ0) is 13.1. The van der Waals surface area contributed by atoms with Crippen LogP contribution in [0.1, 0.15) is 37.2 Å². The van der Waals surface area contributed by atoms with E-state index in [0.29, 0.717) is 0 Å². The Hall–Kier alpha value is -1.65. The first-order chi connectivity index (χ1) is 8.58. The van der Waals surface area contributed by atoms with E-state index in [9.17, 15) is 4.79 Å². The molecule has 5 heteroatoms. The summed E-state index contributed by atoms with van der Waals surface area (Å²) in [5, 5.41) is 8.77. The van der Waals surface area contributed by atoms with Gasteiger partial charge in [0.05, 0.1) is 12.4 Å². The minimum Gasteiger partial charge on any atom is -0.476 e. The number of rotatable bonds is 3. The number of piperidine rings is 1. The van der Waals surface area contributed by atoms with Gasteiger partial charge in [-0.1, -0.05) is 13.8 Å². The standard InChI is InChI=1S/C13H19N3O2/c1-9(2)10-3-5-16(6-4-10)12-8-14-11(7-15-12)13(17)18/h7-10H,3-6H2,1-2H3,(H,17,18). The minimum absolute atomic E-state index is 0.00387. The molecule has 0 spiro atoms. The van der Waals surface area contributed by atoms with Gasteiger partial charge in [-0.3, -0.25) is 0 Å². The summed E-state index contributed by atoms with van der Waals surface area (Å²) in [7, 11) is 0. The number of carbonyl (C=O) groups is 1. The number of carboxylic acids is 1. The van der Waals surface area contributed by atoms with Crippen LogP contribution in [0.2, 0.25) is 0 Å². The smallest absolute Gasteiger partial charge is 0.356 e. The molecule has 18 heavy (non-hydrogen) atoms. The fraction of sp³-hybridized carbons (Fsp3) is 0.615. The molecule has 0 unspecified atom stereocenters. The maximum Gasteiger partial charge on any atom is 0.356 e. The molecule has 1 fully saturated rings. The molecule has 0 saturated carbocycles. The predicted molar refractivity (Wildman–Crippen MR) is 68.8 cm³/mol. The molecule has 2 rings (SSSR count). The van der Waals surface area contributed by atoms with E-state index in [0.717, 1.165) is 30.7 Å². The van der Waals surface area contributed by atoms with Crippen molar-refractivity contribution in [3.8, 4) is 0 Å². The monoisotopic (exact) mass is 249 g/mol. The average molecular weight is 249 g/mol. The highest BCUT2D eigenvalue weighted by molar-refractivity contribution is 5.84. The topological polar surface area (TPSA) is 66.3 Å². The SMILES string of the molecule is CC(C)C1CCN(c2cnc(C(=O)O)cn2)CC1. The summed E-state index contributed by atoms with van der Waals surface area (Å²) >= 11 is 0. The number of hydrogen-bond donors (Lipinski definition) is 1. The first-order valence-corrected chi connectivity index (χ1v) is 6.38. The number of aromatic nitrogens is 2. The van der Waals surface area contributed by atoms with Crippen LogP contribution in [0.5, 0.6) is 0 Å². The van der Waals surface area contributed by atoms with E-state index in [4.69, 9.17) is 5.11 Å². The van der Waals surface area contributed by atoms with Crippen LogP contribution in [0.4, 0.5) is 5.82 Å². The van der Waals surface area contributed by atoms with E-state index in [1.807, 2.05) is 0 Å². The minimum atomic E-state index is -1.03. The third-order valence-corrected chi connectivity index (χ3v) is 3.66. The van der Waals surface area contributed by atoms with Gasteiger partial charge in [0.25, 0.3) is 0 Å². The molecule has 1 saturated heterocycles. The third kappa shape index (κ3) is 2.78. The van der Waals surface area contributed by atoms with Crippen LogP contribution in [-0.4, -0.2) is 34.1 Å². The van der Waals surface area contributed by atoms with Gasteiger partial charge in [0.2, 0.25) is 0 Å². The second kappa shape index (κ2) is 5.33. The molecule has 5 nitrogen and oxygen atoms in total. The van der Waals surface area contributed by atoms with E-state index < -0.39 is 5.97 Å². The highest BCUT2D eigenvalue weighted by Gasteiger charge is 2.22. The van der Waals surface area contributed by atoms with Crippen LogP contribution in [0.25, 0.3) is 0 Å². The Morgan fingerprint density at radius 3 is 2.44 bits per heavy atom. The van der Waals surface area contributed by atoms with Crippen LogP contribution in [0, 0.1) is 11.8 Å². The van der Waals surface area contributed by atoms with Gasteiger partial charge in [-0.05, 0) is 24.7 Å². The number of aromatic carboxylic acids is 1. The largest absolute Gasteiger partial charge is 0.476 e. The van der Waals surface area contributed by atoms with E-state index in [2.05, 4.69) is 28.7 Å². The number of carboxylic acid groups (broad SMARTS) is 1. The average Bonchev–Trinajstić information content (AvgIpc) is 2.39. The summed E-state index contributed by atoms with van der Waals surface area (Å²) in [4.78, 5) is 20.9. The Kier molecular flexibility index (Phi) is 3.79. The molecule has 1 aliphatic rings. The lowest BCUT2D eigenvalue weighted by Crippen LogP contribution is -2.35. The molecule has 1 aromatic heterocycles. The van der Waals surface area contributed by atoms with Crippen LogP contribution in [-0.2, 0) is 0 Å². The predicted octanol–water partition coefficient (Wildman–Crippen LogP) is 2.05. The summed E-state index contributed by atoms with van der Waals surface area (Å²) < 4.78 is 0. The Balaban J connectivity index is 1.99. The summed E-state index contributed by atoms with van der Waals surface area (Å²) in [6.45, 7) is 6.48.